The molecule has 7 heteroatoms. The van der Waals surface area contributed by atoms with Crippen molar-refractivity contribution in [1.82, 2.24) is 15.1 Å². The van der Waals surface area contributed by atoms with E-state index >= 15 is 0 Å². The number of urea groups is 1. The molecule has 2 atom stereocenters. The van der Waals surface area contributed by atoms with Gasteiger partial charge in [-0.3, -0.25) is 4.90 Å². The number of hydrogen-bond acceptors (Lipinski definition) is 4. The van der Waals surface area contributed by atoms with Crippen molar-refractivity contribution >= 4 is 12.0 Å². The van der Waals surface area contributed by atoms with Crippen LogP contribution in [-0.4, -0.2) is 78.4 Å². The lowest BCUT2D eigenvalue weighted by molar-refractivity contribution is -0.141. The summed E-state index contributed by atoms with van der Waals surface area (Å²) in [5.74, 6) is -0.927. The van der Waals surface area contributed by atoms with Crippen molar-refractivity contribution in [3.05, 3.63) is 0 Å². The second-order valence-electron chi connectivity index (χ2n) is 5.26. The molecule has 2 aliphatic heterocycles. The summed E-state index contributed by atoms with van der Waals surface area (Å²) in [6, 6.07) is -0.985. The molecule has 2 fully saturated rings. The Kier molecular flexibility index (Phi) is 5.19. The third-order valence-electron chi connectivity index (χ3n) is 3.95. The zero-order chi connectivity index (χ0) is 14.5. The van der Waals surface area contributed by atoms with E-state index < -0.39 is 12.0 Å². The molecule has 0 aromatic carbocycles. The summed E-state index contributed by atoms with van der Waals surface area (Å²) < 4.78 is 5.61. The Balaban J connectivity index is 1.78. The maximum Gasteiger partial charge on any atom is 0.326 e. The number of likely N-dealkylation sites (N-methyl/N-ethyl adjacent to an activating group) is 1. The van der Waals surface area contributed by atoms with E-state index in [0.29, 0.717) is 26.1 Å². The molecular weight excluding hydrogens is 262 g/mol. The molecule has 0 aromatic rings. The molecule has 2 amide bonds. The van der Waals surface area contributed by atoms with E-state index in [0.717, 1.165) is 26.1 Å². The number of nitrogens with one attached hydrogen (secondary N) is 1. The zero-order valence-corrected chi connectivity index (χ0v) is 11.9. The Bertz CT molecular complexity index is 364. The number of likely N-dealkylation sites (tertiary alicyclic amines) is 1. The first-order valence-electron chi connectivity index (χ1n) is 7.23. The minimum absolute atomic E-state index is 0.0152. The molecule has 2 saturated heterocycles. The molecule has 0 radical (unpaired) electrons. The van der Waals surface area contributed by atoms with Crippen LogP contribution in [0.2, 0.25) is 0 Å². The quantitative estimate of drug-likeness (QED) is 0.758. The van der Waals surface area contributed by atoms with Gasteiger partial charge in [-0.1, -0.05) is 6.92 Å². The molecule has 1 unspecified atom stereocenters. The maximum absolute atomic E-state index is 12.0. The van der Waals surface area contributed by atoms with E-state index in [4.69, 9.17) is 9.84 Å². The van der Waals surface area contributed by atoms with Gasteiger partial charge in [0.15, 0.2) is 0 Å². The van der Waals surface area contributed by atoms with Gasteiger partial charge < -0.3 is 20.1 Å². The molecule has 2 N–H and O–H groups in total. The highest BCUT2D eigenvalue weighted by Gasteiger charge is 2.34. The number of amides is 2. The van der Waals surface area contributed by atoms with Crippen LogP contribution in [0, 0.1) is 0 Å². The van der Waals surface area contributed by atoms with Crippen LogP contribution in [-0.2, 0) is 9.53 Å². The second-order valence-corrected chi connectivity index (χ2v) is 5.26. The monoisotopic (exact) mass is 285 g/mol. The van der Waals surface area contributed by atoms with Gasteiger partial charge in [-0.05, 0) is 19.4 Å². The van der Waals surface area contributed by atoms with Gasteiger partial charge in [0.2, 0.25) is 0 Å². The third kappa shape index (κ3) is 3.61. The Morgan fingerprint density at radius 2 is 2.20 bits per heavy atom. The Labute approximate surface area is 118 Å². The van der Waals surface area contributed by atoms with Crippen molar-refractivity contribution < 1.29 is 19.4 Å². The molecule has 0 aliphatic carbocycles. The van der Waals surface area contributed by atoms with E-state index in [-0.39, 0.29) is 12.1 Å². The van der Waals surface area contributed by atoms with Crippen LogP contribution in [0.25, 0.3) is 0 Å². The number of rotatable bonds is 4. The first kappa shape index (κ1) is 15.1. The van der Waals surface area contributed by atoms with Gasteiger partial charge in [0.25, 0.3) is 0 Å². The van der Waals surface area contributed by atoms with Crippen LogP contribution in [0.4, 0.5) is 4.79 Å². The molecule has 0 bridgehead atoms. The Hall–Kier alpha value is -1.34. The molecule has 0 aromatic heterocycles. The Morgan fingerprint density at radius 1 is 1.40 bits per heavy atom. The summed E-state index contributed by atoms with van der Waals surface area (Å²) in [6.07, 6.45) is 1.26. The molecule has 0 spiro atoms. The standard InChI is InChI=1S/C13H23N3O4/c1-2-15-6-7-20-10(9-15)8-14-13(19)16-5-3-4-11(16)12(17)18/h10-11H,2-9H2,1H3,(H,14,19)(H,17,18)/t10?,11-/m1/s1. The first-order chi connectivity index (χ1) is 9.61. The number of nitrogens with zero attached hydrogens (tertiary/aromatic N) is 2. The number of morpholine rings is 1. The van der Waals surface area contributed by atoms with Crippen LogP contribution < -0.4 is 5.32 Å². The summed E-state index contributed by atoms with van der Waals surface area (Å²) in [5, 5.41) is 11.9. The van der Waals surface area contributed by atoms with Gasteiger partial charge >= 0.3 is 12.0 Å². The second kappa shape index (κ2) is 6.90. The highest BCUT2D eigenvalue weighted by atomic mass is 16.5. The van der Waals surface area contributed by atoms with Crippen molar-refractivity contribution in [1.29, 1.82) is 0 Å². The molecule has 7 nitrogen and oxygen atoms in total. The lowest BCUT2D eigenvalue weighted by atomic mass is 10.2. The number of aliphatic carboxylic acids is 1. The van der Waals surface area contributed by atoms with Crippen molar-refractivity contribution in [3.63, 3.8) is 0 Å². The number of ether oxygens (including phenoxy) is 1. The maximum atomic E-state index is 12.0. The molecule has 2 rings (SSSR count). The fourth-order valence-corrected chi connectivity index (χ4v) is 2.76. The highest BCUT2D eigenvalue weighted by Crippen LogP contribution is 2.17. The number of carboxylic acid groups (broad SMARTS) is 1. The summed E-state index contributed by atoms with van der Waals surface area (Å²) in [6.45, 7) is 6.42. The zero-order valence-electron chi connectivity index (χ0n) is 11.9. The minimum atomic E-state index is -0.927. The fraction of sp³-hybridized carbons (Fsp3) is 0.846. The SMILES string of the molecule is CCN1CCOC(CNC(=O)N2CCC[C@@H]2C(=O)O)C1. The predicted octanol–water partition coefficient (Wildman–Crippen LogP) is -0.0343. The molecule has 114 valence electrons. The first-order valence-corrected chi connectivity index (χ1v) is 7.23. The van der Waals surface area contributed by atoms with Crippen molar-refractivity contribution in [3.8, 4) is 0 Å². The van der Waals surface area contributed by atoms with Gasteiger partial charge in [0.1, 0.15) is 6.04 Å². The largest absolute Gasteiger partial charge is 0.480 e. The fourth-order valence-electron chi connectivity index (χ4n) is 2.76. The minimum Gasteiger partial charge on any atom is -0.480 e. The third-order valence-corrected chi connectivity index (χ3v) is 3.95. The lowest BCUT2D eigenvalue weighted by Crippen LogP contribution is -2.51. The average Bonchev–Trinajstić information content (AvgIpc) is 2.94. The summed E-state index contributed by atoms with van der Waals surface area (Å²) in [5.41, 5.74) is 0. The van der Waals surface area contributed by atoms with Crippen LogP contribution >= 0.6 is 0 Å². The van der Waals surface area contributed by atoms with Crippen LogP contribution in [0.3, 0.4) is 0 Å². The predicted molar refractivity (Wildman–Crippen MR) is 72.6 cm³/mol. The molecule has 2 aliphatic rings. The van der Waals surface area contributed by atoms with Gasteiger partial charge in [-0.2, -0.15) is 0 Å². The number of carbonyl (C=O) groups is 2. The summed E-state index contributed by atoms with van der Waals surface area (Å²) in [4.78, 5) is 26.8. The van der Waals surface area contributed by atoms with E-state index in [2.05, 4.69) is 17.1 Å². The van der Waals surface area contributed by atoms with Gasteiger partial charge in [-0.25, -0.2) is 9.59 Å². The molecule has 20 heavy (non-hydrogen) atoms. The van der Waals surface area contributed by atoms with Crippen LogP contribution in [0.5, 0.6) is 0 Å². The summed E-state index contributed by atoms with van der Waals surface area (Å²) >= 11 is 0. The topological polar surface area (TPSA) is 82.1 Å². The van der Waals surface area contributed by atoms with Crippen LogP contribution in [0.1, 0.15) is 19.8 Å². The lowest BCUT2D eigenvalue weighted by Gasteiger charge is -2.32. The smallest absolute Gasteiger partial charge is 0.326 e. The van der Waals surface area contributed by atoms with E-state index in [1.54, 1.807) is 0 Å². The van der Waals surface area contributed by atoms with Gasteiger partial charge in [0, 0.05) is 26.2 Å². The van der Waals surface area contributed by atoms with E-state index in [1.165, 1.54) is 4.90 Å². The van der Waals surface area contributed by atoms with Gasteiger partial charge in [0.05, 0.1) is 12.7 Å². The van der Waals surface area contributed by atoms with Gasteiger partial charge in [-0.15, -0.1) is 0 Å². The van der Waals surface area contributed by atoms with Crippen molar-refractivity contribution in [2.24, 2.45) is 0 Å². The van der Waals surface area contributed by atoms with Crippen LogP contribution in [0.15, 0.2) is 0 Å². The number of carbonyl (C=O) groups excluding carboxylic acids is 1. The van der Waals surface area contributed by atoms with E-state index in [9.17, 15) is 9.59 Å². The molecule has 2 heterocycles. The molecular formula is C13H23N3O4. The normalized spacial score (nSPS) is 27.6. The number of carboxylic acids is 1. The summed E-state index contributed by atoms with van der Waals surface area (Å²) in [7, 11) is 0. The van der Waals surface area contributed by atoms with Crippen molar-refractivity contribution in [2.75, 3.05) is 39.3 Å². The average molecular weight is 285 g/mol. The number of hydrogen-bond donors (Lipinski definition) is 2. The van der Waals surface area contributed by atoms with E-state index in [1.807, 2.05) is 0 Å². The highest BCUT2D eigenvalue weighted by molar-refractivity contribution is 5.83. The van der Waals surface area contributed by atoms with Crippen molar-refractivity contribution in [2.45, 2.75) is 31.9 Å². The Morgan fingerprint density at radius 3 is 2.90 bits per heavy atom. The molecule has 0 saturated carbocycles.